The number of nitro groups is 1. The van der Waals surface area contributed by atoms with Crippen molar-refractivity contribution in [2.24, 2.45) is 0 Å². The number of aromatic nitrogens is 1. The van der Waals surface area contributed by atoms with Crippen molar-refractivity contribution in [1.29, 1.82) is 0 Å². The Balaban J connectivity index is 2.54. The van der Waals surface area contributed by atoms with E-state index in [9.17, 15) is 10.1 Å². The number of nitrogens with zero attached hydrogens (tertiary/aromatic N) is 2. The zero-order valence-electron chi connectivity index (χ0n) is 12.4. The summed E-state index contributed by atoms with van der Waals surface area (Å²) in [4.78, 5) is 14.5. The molecule has 0 saturated carbocycles. The van der Waals surface area contributed by atoms with Crippen LogP contribution >= 0.6 is 0 Å². The first-order valence-corrected chi connectivity index (χ1v) is 6.79. The maximum atomic E-state index is 10.9. The largest absolute Gasteiger partial charge is 0.493 e. The maximum Gasteiger partial charge on any atom is 0.273 e. The van der Waals surface area contributed by atoms with E-state index in [-0.39, 0.29) is 11.1 Å². The molecular formula is C16H18N2O3. The molecule has 0 saturated heterocycles. The standard InChI is InChI=1S/C16H18N2O3/c1-4-21-15-11-13(18(19)20)5-6-14(15)16(2,3)12-7-9-17-10-8-12/h5-11H,4H2,1-3H3. The molecule has 1 aromatic carbocycles. The number of nitro benzene ring substituents is 1. The minimum Gasteiger partial charge on any atom is -0.493 e. The molecule has 0 spiro atoms. The Morgan fingerprint density at radius 1 is 1.24 bits per heavy atom. The second kappa shape index (κ2) is 5.91. The van der Waals surface area contributed by atoms with Gasteiger partial charge in [0.15, 0.2) is 0 Å². The van der Waals surface area contributed by atoms with E-state index in [4.69, 9.17) is 4.74 Å². The van der Waals surface area contributed by atoms with Gasteiger partial charge in [0.1, 0.15) is 5.75 Å². The summed E-state index contributed by atoms with van der Waals surface area (Å²) in [5.41, 5.74) is 1.70. The molecule has 5 nitrogen and oxygen atoms in total. The van der Waals surface area contributed by atoms with E-state index in [0.717, 1.165) is 11.1 Å². The van der Waals surface area contributed by atoms with Crippen molar-refractivity contribution in [3.05, 3.63) is 64.0 Å². The highest BCUT2D eigenvalue weighted by atomic mass is 16.6. The quantitative estimate of drug-likeness (QED) is 0.620. The van der Waals surface area contributed by atoms with Gasteiger partial charge in [0.05, 0.1) is 17.6 Å². The summed E-state index contributed by atoms with van der Waals surface area (Å²) in [6.07, 6.45) is 3.48. The van der Waals surface area contributed by atoms with Gasteiger partial charge in [0.2, 0.25) is 0 Å². The van der Waals surface area contributed by atoms with E-state index in [1.54, 1.807) is 18.5 Å². The van der Waals surface area contributed by atoms with Crippen LogP contribution in [0.25, 0.3) is 0 Å². The lowest BCUT2D eigenvalue weighted by molar-refractivity contribution is -0.385. The molecule has 0 amide bonds. The highest BCUT2D eigenvalue weighted by Crippen LogP contribution is 2.38. The number of ether oxygens (including phenoxy) is 1. The summed E-state index contributed by atoms with van der Waals surface area (Å²) < 4.78 is 5.62. The lowest BCUT2D eigenvalue weighted by atomic mass is 9.78. The third-order valence-electron chi connectivity index (χ3n) is 3.55. The second-order valence-corrected chi connectivity index (χ2v) is 5.23. The van der Waals surface area contributed by atoms with Crippen LogP contribution in [0.4, 0.5) is 5.69 Å². The summed E-state index contributed by atoms with van der Waals surface area (Å²) in [5.74, 6) is 0.550. The average Bonchev–Trinajstić information content (AvgIpc) is 2.48. The highest BCUT2D eigenvalue weighted by Gasteiger charge is 2.28. The van der Waals surface area contributed by atoms with Crippen LogP contribution in [-0.4, -0.2) is 16.5 Å². The molecule has 1 heterocycles. The van der Waals surface area contributed by atoms with Crippen LogP contribution in [0.5, 0.6) is 5.75 Å². The zero-order valence-corrected chi connectivity index (χ0v) is 12.4. The zero-order chi connectivity index (χ0) is 15.5. The highest BCUT2D eigenvalue weighted by molar-refractivity contribution is 5.51. The molecule has 0 radical (unpaired) electrons. The molecule has 0 aliphatic carbocycles. The second-order valence-electron chi connectivity index (χ2n) is 5.23. The molecule has 1 aromatic heterocycles. The van der Waals surface area contributed by atoms with E-state index in [1.807, 2.05) is 19.1 Å². The molecule has 2 aromatic rings. The summed E-state index contributed by atoms with van der Waals surface area (Å²) in [5, 5.41) is 10.9. The minimum atomic E-state index is -0.411. The van der Waals surface area contributed by atoms with Crippen molar-refractivity contribution >= 4 is 5.69 Å². The van der Waals surface area contributed by atoms with Crippen LogP contribution in [0.1, 0.15) is 31.9 Å². The summed E-state index contributed by atoms with van der Waals surface area (Å²) in [6, 6.07) is 8.65. The van der Waals surface area contributed by atoms with Crippen LogP contribution in [-0.2, 0) is 5.41 Å². The number of rotatable bonds is 5. The first kappa shape index (κ1) is 15.0. The van der Waals surface area contributed by atoms with Gasteiger partial charge in [-0.3, -0.25) is 15.1 Å². The van der Waals surface area contributed by atoms with Gasteiger partial charge < -0.3 is 4.74 Å². The van der Waals surface area contributed by atoms with E-state index in [1.165, 1.54) is 12.1 Å². The van der Waals surface area contributed by atoms with Crippen molar-refractivity contribution in [2.45, 2.75) is 26.2 Å². The third-order valence-corrected chi connectivity index (χ3v) is 3.55. The van der Waals surface area contributed by atoms with Gasteiger partial charge in [-0.25, -0.2) is 0 Å². The van der Waals surface area contributed by atoms with Gasteiger partial charge in [-0.15, -0.1) is 0 Å². The Bertz CT molecular complexity index is 639. The Morgan fingerprint density at radius 3 is 2.48 bits per heavy atom. The van der Waals surface area contributed by atoms with Gasteiger partial charge in [-0.05, 0) is 30.7 Å². The fourth-order valence-electron chi connectivity index (χ4n) is 2.34. The predicted molar refractivity (Wildman–Crippen MR) is 80.6 cm³/mol. The SMILES string of the molecule is CCOc1cc([N+](=O)[O-])ccc1C(C)(C)c1ccncc1. The van der Waals surface area contributed by atoms with Crippen LogP contribution < -0.4 is 4.74 Å². The molecule has 0 N–H and O–H groups in total. The van der Waals surface area contributed by atoms with Crippen LogP contribution in [0, 0.1) is 10.1 Å². The topological polar surface area (TPSA) is 65.3 Å². The third kappa shape index (κ3) is 3.02. The predicted octanol–water partition coefficient (Wildman–Crippen LogP) is 3.71. The molecule has 0 fully saturated rings. The molecule has 2 rings (SSSR count). The van der Waals surface area contributed by atoms with Crippen LogP contribution in [0.3, 0.4) is 0 Å². The monoisotopic (exact) mass is 286 g/mol. The molecule has 0 bridgehead atoms. The fraction of sp³-hybridized carbons (Fsp3) is 0.312. The fourth-order valence-corrected chi connectivity index (χ4v) is 2.34. The number of hydrogen-bond acceptors (Lipinski definition) is 4. The van der Waals surface area contributed by atoms with Gasteiger partial charge in [-0.1, -0.05) is 13.8 Å². The van der Waals surface area contributed by atoms with Gasteiger partial charge in [-0.2, -0.15) is 0 Å². The van der Waals surface area contributed by atoms with E-state index >= 15 is 0 Å². The van der Waals surface area contributed by atoms with Crippen molar-refractivity contribution in [1.82, 2.24) is 4.98 Å². The van der Waals surface area contributed by atoms with Gasteiger partial charge in [0.25, 0.3) is 5.69 Å². The Hall–Kier alpha value is -2.43. The van der Waals surface area contributed by atoms with Crippen molar-refractivity contribution in [3.8, 4) is 5.75 Å². The molecule has 0 atom stereocenters. The smallest absolute Gasteiger partial charge is 0.273 e. The minimum absolute atomic E-state index is 0.0349. The van der Waals surface area contributed by atoms with Crippen molar-refractivity contribution < 1.29 is 9.66 Å². The van der Waals surface area contributed by atoms with Crippen molar-refractivity contribution in [3.63, 3.8) is 0 Å². The lowest BCUT2D eigenvalue weighted by Crippen LogP contribution is -2.20. The van der Waals surface area contributed by atoms with Crippen LogP contribution in [0.15, 0.2) is 42.7 Å². The molecule has 5 heteroatoms. The maximum absolute atomic E-state index is 10.9. The summed E-state index contributed by atoms with van der Waals surface area (Å²) in [6.45, 7) is 6.45. The number of non-ortho nitro benzene ring substituents is 1. The Morgan fingerprint density at radius 2 is 1.90 bits per heavy atom. The van der Waals surface area contributed by atoms with Crippen molar-refractivity contribution in [2.75, 3.05) is 6.61 Å². The molecule has 0 unspecified atom stereocenters. The molecule has 0 aliphatic rings. The average molecular weight is 286 g/mol. The normalized spacial score (nSPS) is 11.2. The lowest BCUT2D eigenvalue weighted by Gasteiger charge is -2.27. The summed E-state index contributed by atoms with van der Waals surface area (Å²) in [7, 11) is 0. The van der Waals surface area contributed by atoms with Crippen LogP contribution in [0.2, 0.25) is 0 Å². The first-order chi connectivity index (χ1) is 9.96. The van der Waals surface area contributed by atoms with Gasteiger partial charge >= 0.3 is 0 Å². The Kier molecular flexibility index (Phi) is 4.21. The number of pyridine rings is 1. The molecular weight excluding hydrogens is 268 g/mol. The molecule has 110 valence electrons. The van der Waals surface area contributed by atoms with E-state index in [2.05, 4.69) is 18.8 Å². The molecule has 21 heavy (non-hydrogen) atoms. The molecule has 0 aliphatic heterocycles. The Labute approximate surface area is 123 Å². The van der Waals surface area contributed by atoms with Gasteiger partial charge in [0, 0.05) is 29.4 Å². The van der Waals surface area contributed by atoms with E-state index in [0.29, 0.717) is 12.4 Å². The number of benzene rings is 1. The van der Waals surface area contributed by atoms with E-state index < -0.39 is 4.92 Å². The number of hydrogen-bond donors (Lipinski definition) is 0. The summed E-state index contributed by atoms with van der Waals surface area (Å²) >= 11 is 0. The first-order valence-electron chi connectivity index (χ1n) is 6.79.